The number of ether oxygens (including phenoxy) is 2. The van der Waals surface area contributed by atoms with E-state index < -0.39 is 17.7 Å². The third-order valence-electron chi connectivity index (χ3n) is 5.45. The van der Waals surface area contributed by atoms with Crippen molar-refractivity contribution in [3.8, 4) is 0 Å². The first-order valence-corrected chi connectivity index (χ1v) is 12.1. The highest BCUT2D eigenvalue weighted by Crippen LogP contribution is 2.15. The Morgan fingerprint density at radius 2 is 1.23 bits per heavy atom. The Morgan fingerprint density at radius 1 is 0.714 bits per heavy atom. The lowest BCUT2D eigenvalue weighted by molar-refractivity contribution is -0.158. The molecule has 0 spiro atoms. The van der Waals surface area contributed by atoms with Crippen molar-refractivity contribution in [3.63, 3.8) is 0 Å². The Labute approximate surface area is 208 Å². The van der Waals surface area contributed by atoms with Crippen LogP contribution in [0.25, 0.3) is 0 Å². The van der Waals surface area contributed by atoms with E-state index in [0.29, 0.717) is 19.3 Å². The molecule has 0 radical (unpaired) electrons. The van der Waals surface area contributed by atoms with Crippen LogP contribution < -0.4 is 5.32 Å². The molecule has 184 valence electrons. The number of carbonyl (C=O) groups excluding carboxylic acids is 2. The Kier molecular flexibility index (Phi) is 9.62. The number of hydrogen-bond donors (Lipinski definition) is 1. The molecular formula is C30H35NO4. The van der Waals surface area contributed by atoms with Crippen LogP contribution >= 0.6 is 0 Å². The van der Waals surface area contributed by atoms with Crippen molar-refractivity contribution >= 4 is 11.9 Å². The molecule has 5 nitrogen and oxygen atoms in total. The first kappa shape index (κ1) is 26.2. The third kappa shape index (κ3) is 9.38. The van der Waals surface area contributed by atoms with Gasteiger partial charge in [0.25, 0.3) is 0 Å². The summed E-state index contributed by atoms with van der Waals surface area (Å²) in [6.45, 7) is 5.70. The van der Waals surface area contributed by atoms with Gasteiger partial charge >= 0.3 is 11.9 Å². The molecule has 0 aliphatic rings. The summed E-state index contributed by atoms with van der Waals surface area (Å²) in [7, 11) is 0. The van der Waals surface area contributed by atoms with Gasteiger partial charge < -0.3 is 9.47 Å². The van der Waals surface area contributed by atoms with Crippen molar-refractivity contribution in [2.24, 2.45) is 0 Å². The quantitative estimate of drug-likeness (QED) is 0.384. The van der Waals surface area contributed by atoms with E-state index in [2.05, 4.69) is 5.32 Å². The second-order valence-corrected chi connectivity index (χ2v) is 9.61. The average Bonchev–Trinajstić information content (AvgIpc) is 2.85. The van der Waals surface area contributed by atoms with Crippen LogP contribution in [-0.2, 0) is 38.5 Å². The molecule has 0 unspecified atom stereocenters. The number of nitrogens with one attached hydrogen (secondary N) is 1. The molecule has 0 fully saturated rings. The summed E-state index contributed by atoms with van der Waals surface area (Å²) in [5, 5.41) is 3.28. The van der Waals surface area contributed by atoms with E-state index in [1.165, 1.54) is 0 Å². The SMILES string of the molecule is CC(C)(C)OC(=O)[C@H](Cc1ccccc1)N[C@H](CCc1ccccc1)C(=O)OCc1ccccc1. The predicted octanol–water partition coefficient (Wildman–Crippen LogP) is 5.27. The van der Waals surface area contributed by atoms with Gasteiger partial charge in [0.1, 0.15) is 24.3 Å². The molecule has 1 N–H and O–H groups in total. The molecule has 0 aliphatic carbocycles. The fraction of sp³-hybridized carbons (Fsp3) is 0.333. The van der Waals surface area contributed by atoms with Crippen molar-refractivity contribution in [1.29, 1.82) is 0 Å². The summed E-state index contributed by atoms with van der Waals surface area (Å²) >= 11 is 0. The largest absolute Gasteiger partial charge is 0.460 e. The zero-order valence-electron chi connectivity index (χ0n) is 20.8. The van der Waals surface area contributed by atoms with Crippen LogP contribution in [0.15, 0.2) is 91.0 Å². The lowest BCUT2D eigenvalue weighted by Crippen LogP contribution is -2.50. The van der Waals surface area contributed by atoms with Crippen LogP contribution in [0.5, 0.6) is 0 Å². The van der Waals surface area contributed by atoms with Crippen LogP contribution in [-0.4, -0.2) is 29.6 Å². The average molecular weight is 474 g/mol. The standard InChI is InChI=1S/C30H35NO4/c1-30(2,3)35-29(33)27(21-24-15-9-5-10-16-24)31-26(20-19-23-13-7-4-8-14-23)28(32)34-22-25-17-11-6-12-18-25/h4-18,26-27,31H,19-22H2,1-3H3/t26-,27+/m1/s1. The molecule has 0 saturated carbocycles. The van der Waals surface area contributed by atoms with Gasteiger partial charge in [-0.3, -0.25) is 14.9 Å². The second kappa shape index (κ2) is 12.9. The van der Waals surface area contributed by atoms with E-state index in [-0.39, 0.29) is 18.5 Å². The van der Waals surface area contributed by atoms with E-state index in [4.69, 9.17) is 9.47 Å². The first-order chi connectivity index (χ1) is 16.8. The molecule has 3 aromatic rings. The highest BCUT2D eigenvalue weighted by Gasteiger charge is 2.31. The van der Waals surface area contributed by atoms with Gasteiger partial charge in [-0.05, 0) is 56.7 Å². The van der Waals surface area contributed by atoms with Crippen LogP contribution in [0.3, 0.4) is 0 Å². The maximum Gasteiger partial charge on any atom is 0.324 e. The highest BCUT2D eigenvalue weighted by atomic mass is 16.6. The minimum absolute atomic E-state index is 0.180. The van der Waals surface area contributed by atoms with Crippen LogP contribution in [0.2, 0.25) is 0 Å². The van der Waals surface area contributed by atoms with E-state index in [9.17, 15) is 9.59 Å². The molecule has 5 heteroatoms. The normalized spacial score (nSPS) is 13.0. The summed E-state index contributed by atoms with van der Waals surface area (Å²) in [4.78, 5) is 26.3. The summed E-state index contributed by atoms with van der Waals surface area (Å²) in [6, 6.07) is 27.9. The number of rotatable bonds is 11. The van der Waals surface area contributed by atoms with E-state index in [0.717, 1.165) is 16.7 Å². The summed E-state index contributed by atoms with van der Waals surface area (Å²) in [5.41, 5.74) is 2.37. The minimum atomic E-state index is -0.693. The Bertz CT molecular complexity index is 1050. The molecule has 0 bridgehead atoms. The molecular weight excluding hydrogens is 438 g/mol. The van der Waals surface area contributed by atoms with Crippen molar-refractivity contribution in [3.05, 3.63) is 108 Å². The molecule has 35 heavy (non-hydrogen) atoms. The second-order valence-electron chi connectivity index (χ2n) is 9.61. The van der Waals surface area contributed by atoms with Crippen molar-refractivity contribution in [2.45, 2.75) is 64.3 Å². The van der Waals surface area contributed by atoms with Gasteiger partial charge in [0, 0.05) is 0 Å². The molecule has 3 aromatic carbocycles. The lowest BCUT2D eigenvalue weighted by Gasteiger charge is -2.27. The maximum absolute atomic E-state index is 13.2. The third-order valence-corrected chi connectivity index (χ3v) is 5.45. The topological polar surface area (TPSA) is 64.6 Å². The number of carbonyl (C=O) groups is 2. The lowest BCUT2D eigenvalue weighted by atomic mass is 10.0. The minimum Gasteiger partial charge on any atom is -0.460 e. The Morgan fingerprint density at radius 3 is 1.77 bits per heavy atom. The number of esters is 2. The van der Waals surface area contributed by atoms with E-state index in [1.807, 2.05) is 112 Å². The zero-order valence-corrected chi connectivity index (χ0v) is 20.8. The zero-order chi connectivity index (χ0) is 25.1. The Hall–Kier alpha value is -3.44. The van der Waals surface area contributed by atoms with Gasteiger partial charge in [-0.25, -0.2) is 0 Å². The van der Waals surface area contributed by atoms with E-state index >= 15 is 0 Å². The fourth-order valence-electron chi connectivity index (χ4n) is 3.73. The molecule has 3 rings (SSSR count). The van der Waals surface area contributed by atoms with Crippen LogP contribution in [0, 0.1) is 0 Å². The van der Waals surface area contributed by atoms with Gasteiger partial charge in [0.2, 0.25) is 0 Å². The summed E-state index contributed by atoms with van der Waals surface area (Å²) in [6.07, 6.45) is 1.57. The smallest absolute Gasteiger partial charge is 0.324 e. The number of benzene rings is 3. The first-order valence-electron chi connectivity index (χ1n) is 12.1. The highest BCUT2D eigenvalue weighted by molar-refractivity contribution is 5.80. The molecule has 0 saturated heterocycles. The van der Waals surface area contributed by atoms with Gasteiger partial charge in [0.05, 0.1) is 0 Å². The van der Waals surface area contributed by atoms with Crippen molar-refractivity contribution in [1.82, 2.24) is 5.32 Å². The number of hydrogen-bond acceptors (Lipinski definition) is 5. The summed E-state index contributed by atoms with van der Waals surface area (Å²) < 4.78 is 11.3. The van der Waals surface area contributed by atoms with E-state index in [1.54, 1.807) is 0 Å². The van der Waals surface area contributed by atoms with Crippen LogP contribution in [0.4, 0.5) is 0 Å². The Balaban J connectivity index is 1.77. The molecule has 0 amide bonds. The van der Waals surface area contributed by atoms with Gasteiger partial charge in [-0.1, -0.05) is 91.0 Å². The molecule has 0 aromatic heterocycles. The molecule has 2 atom stereocenters. The monoisotopic (exact) mass is 473 g/mol. The number of aryl methyl sites for hydroxylation is 1. The van der Waals surface area contributed by atoms with Crippen LogP contribution in [0.1, 0.15) is 43.9 Å². The van der Waals surface area contributed by atoms with Gasteiger partial charge in [-0.15, -0.1) is 0 Å². The molecule has 0 heterocycles. The van der Waals surface area contributed by atoms with Gasteiger partial charge in [-0.2, -0.15) is 0 Å². The summed E-state index contributed by atoms with van der Waals surface area (Å²) in [5.74, 6) is -0.770. The predicted molar refractivity (Wildman–Crippen MR) is 138 cm³/mol. The maximum atomic E-state index is 13.2. The molecule has 0 aliphatic heterocycles. The van der Waals surface area contributed by atoms with Gasteiger partial charge in [0.15, 0.2) is 0 Å². The van der Waals surface area contributed by atoms with Crippen molar-refractivity contribution in [2.75, 3.05) is 0 Å². The fourth-order valence-corrected chi connectivity index (χ4v) is 3.73. The van der Waals surface area contributed by atoms with Crippen molar-refractivity contribution < 1.29 is 19.1 Å².